The molecule has 0 aliphatic carbocycles. The molecule has 0 radical (unpaired) electrons. The summed E-state index contributed by atoms with van der Waals surface area (Å²) in [5.41, 5.74) is 1.57. The molecule has 27 heavy (non-hydrogen) atoms. The van der Waals surface area contributed by atoms with Gasteiger partial charge in [0.1, 0.15) is 6.04 Å². The molecule has 1 aliphatic rings. The second-order valence-corrected chi connectivity index (χ2v) is 7.36. The van der Waals surface area contributed by atoms with Crippen LogP contribution in [-0.4, -0.2) is 48.9 Å². The third-order valence-corrected chi connectivity index (χ3v) is 5.11. The number of piperazine rings is 1. The first-order chi connectivity index (χ1) is 12.9. The minimum atomic E-state index is -0.588. The fourth-order valence-electron chi connectivity index (χ4n) is 3.05. The van der Waals surface area contributed by atoms with Gasteiger partial charge in [-0.05, 0) is 55.5 Å². The van der Waals surface area contributed by atoms with Gasteiger partial charge in [-0.3, -0.25) is 9.59 Å². The van der Waals surface area contributed by atoms with Crippen molar-refractivity contribution in [2.75, 3.05) is 31.1 Å². The van der Waals surface area contributed by atoms with E-state index in [1.165, 1.54) is 0 Å². The highest BCUT2D eigenvalue weighted by molar-refractivity contribution is 6.30. The summed E-state index contributed by atoms with van der Waals surface area (Å²) in [6.07, 6.45) is 0. The normalized spacial score (nSPS) is 15.4. The molecule has 1 saturated heterocycles. The number of rotatable bonds is 4. The van der Waals surface area contributed by atoms with Crippen LogP contribution in [-0.2, 0) is 4.79 Å². The van der Waals surface area contributed by atoms with Crippen molar-refractivity contribution in [3.8, 4) is 0 Å². The van der Waals surface area contributed by atoms with Crippen molar-refractivity contribution in [2.45, 2.75) is 13.0 Å². The molecular weight excluding hydrogens is 385 g/mol. The van der Waals surface area contributed by atoms with E-state index in [1.807, 2.05) is 24.3 Å². The fraction of sp³-hybridized carbons (Fsp3) is 0.300. The Morgan fingerprint density at radius 2 is 1.41 bits per heavy atom. The molecule has 7 heteroatoms. The van der Waals surface area contributed by atoms with Crippen LogP contribution in [0, 0.1) is 0 Å². The van der Waals surface area contributed by atoms with Crippen molar-refractivity contribution in [1.82, 2.24) is 10.2 Å². The zero-order chi connectivity index (χ0) is 19.4. The minimum Gasteiger partial charge on any atom is -0.368 e. The Kier molecular flexibility index (Phi) is 6.24. The lowest BCUT2D eigenvalue weighted by Crippen LogP contribution is -2.54. The lowest BCUT2D eigenvalue weighted by molar-refractivity contribution is -0.133. The molecule has 142 valence electrons. The highest BCUT2D eigenvalue weighted by Gasteiger charge is 2.26. The smallest absolute Gasteiger partial charge is 0.251 e. The highest BCUT2D eigenvalue weighted by atomic mass is 35.5. The molecule has 5 nitrogen and oxygen atoms in total. The highest BCUT2D eigenvalue weighted by Crippen LogP contribution is 2.19. The number of carbonyl (C=O) groups excluding carboxylic acids is 2. The Morgan fingerprint density at radius 1 is 0.889 bits per heavy atom. The van der Waals surface area contributed by atoms with Crippen molar-refractivity contribution in [3.63, 3.8) is 0 Å². The summed E-state index contributed by atoms with van der Waals surface area (Å²) in [5, 5.41) is 4.03. The predicted molar refractivity (Wildman–Crippen MR) is 109 cm³/mol. The van der Waals surface area contributed by atoms with Crippen molar-refractivity contribution in [3.05, 3.63) is 64.1 Å². The van der Waals surface area contributed by atoms with E-state index in [1.54, 1.807) is 36.1 Å². The first-order valence-corrected chi connectivity index (χ1v) is 9.55. The van der Waals surface area contributed by atoms with E-state index in [-0.39, 0.29) is 11.8 Å². The monoisotopic (exact) mass is 405 g/mol. The van der Waals surface area contributed by atoms with E-state index < -0.39 is 6.04 Å². The largest absolute Gasteiger partial charge is 0.368 e. The summed E-state index contributed by atoms with van der Waals surface area (Å²) >= 11 is 11.8. The molecule has 0 spiro atoms. The SMILES string of the molecule is CC(NC(=O)c1ccc(Cl)cc1)C(=O)N1CCN(c2ccc(Cl)cc2)CC1. The van der Waals surface area contributed by atoms with E-state index in [0.717, 1.165) is 18.8 Å². The third kappa shape index (κ3) is 4.93. The Morgan fingerprint density at radius 3 is 1.96 bits per heavy atom. The lowest BCUT2D eigenvalue weighted by atomic mass is 10.2. The summed E-state index contributed by atoms with van der Waals surface area (Å²) in [6, 6.07) is 13.7. The molecular formula is C20H21Cl2N3O2. The van der Waals surface area contributed by atoms with E-state index in [4.69, 9.17) is 23.2 Å². The summed E-state index contributed by atoms with van der Waals surface area (Å²) < 4.78 is 0. The van der Waals surface area contributed by atoms with E-state index >= 15 is 0 Å². The average molecular weight is 406 g/mol. The van der Waals surface area contributed by atoms with Crippen molar-refractivity contribution in [1.29, 1.82) is 0 Å². The van der Waals surface area contributed by atoms with E-state index in [9.17, 15) is 9.59 Å². The molecule has 2 amide bonds. The molecule has 1 unspecified atom stereocenters. The quantitative estimate of drug-likeness (QED) is 0.846. The molecule has 1 fully saturated rings. The zero-order valence-corrected chi connectivity index (χ0v) is 16.5. The van der Waals surface area contributed by atoms with Crippen molar-refractivity contribution >= 4 is 40.7 Å². The molecule has 2 aromatic rings. The van der Waals surface area contributed by atoms with Crippen LogP contribution in [0.15, 0.2) is 48.5 Å². The second kappa shape index (κ2) is 8.63. The van der Waals surface area contributed by atoms with Gasteiger partial charge >= 0.3 is 0 Å². The van der Waals surface area contributed by atoms with Crippen LogP contribution in [0.4, 0.5) is 5.69 Å². The van der Waals surface area contributed by atoms with Gasteiger partial charge in [0.15, 0.2) is 0 Å². The number of nitrogens with one attached hydrogen (secondary N) is 1. The van der Waals surface area contributed by atoms with Gasteiger partial charge in [-0.2, -0.15) is 0 Å². The van der Waals surface area contributed by atoms with Gasteiger partial charge < -0.3 is 15.1 Å². The molecule has 3 rings (SSSR count). The average Bonchev–Trinajstić information content (AvgIpc) is 2.68. The van der Waals surface area contributed by atoms with Crippen LogP contribution in [0.1, 0.15) is 17.3 Å². The number of anilines is 1. The molecule has 1 atom stereocenters. The minimum absolute atomic E-state index is 0.0759. The van der Waals surface area contributed by atoms with Crippen LogP contribution >= 0.6 is 23.2 Å². The number of carbonyl (C=O) groups is 2. The number of hydrogen-bond acceptors (Lipinski definition) is 3. The van der Waals surface area contributed by atoms with E-state index in [2.05, 4.69) is 10.2 Å². The topological polar surface area (TPSA) is 52.7 Å². The summed E-state index contributed by atoms with van der Waals surface area (Å²) in [7, 11) is 0. The first kappa shape index (κ1) is 19.5. The first-order valence-electron chi connectivity index (χ1n) is 8.80. The number of hydrogen-bond donors (Lipinski definition) is 1. The van der Waals surface area contributed by atoms with Gasteiger partial charge in [0, 0.05) is 47.5 Å². The fourth-order valence-corrected chi connectivity index (χ4v) is 3.31. The Bertz CT molecular complexity index is 801. The van der Waals surface area contributed by atoms with Crippen LogP contribution < -0.4 is 10.2 Å². The Labute approximate surface area is 168 Å². The van der Waals surface area contributed by atoms with E-state index in [0.29, 0.717) is 28.7 Å². The van der Waals surface area contributed by atoms with Gasteiger partial charge in [-0.25, -0.2) is 0 Å². The molecule has 2 aromatic carbocycles. The molecule has 0 aromatic heterocycles. The summed E-state index contributed by atoms with van der Waals surface area (Å²) in [5.74, 6) is -0.361. The Balaban J connectivity index is 1.53. The molecule has 0 saturated carbocycles. The standard InChI is InChI=1S/C20H21Cl2N3O2/c1-14(23-19(26)15-2-4-16(21)5-3-15)20(27)25-12-10-24(11-13-25)18-8-6-17(22)7-9-18/h2-9,14H,10-13H2,1H3,(H,23,26). The van der Waals surface area contributed by atoms with Crippen molar-refractivity contribution < 1.29 is 9.59 Å². The second-order valence-electron chi connectivity index (χ2n) is 6.49. The molecule has 1 N–H and O–H groups in total. The number of amides is 2. The van der Waals surface area contributed by atoms with Crippen LogP contribution in [0.5, 0.6) is 0 Å². The van der Waals surface area contributed by atoms with Crippen LogP contribution in [0.2, 0.25) is 10.0 Å². The van der Waals surface area contributed by atoms with Gasteiger partial charge in [0.2, 0.25) is 5.91 Å². The molecule has 1 heterocycles. The zero-order valence-electron chi connectivity index (χ0n) is 15.0. The lowest BCUT2D eigenvalue weighted by Gasteiger charge is -2.37. The summed E-state index contributed by atoms with van der Waals surface area (Å²) in [4.78, 5) is 28.9. The predicted octanol–water partition coefficient (Wildman–Crippen LogP) is 3.46. The van der Waals surface area contributed by atoms with Gasteiger partial charge in [-0.15, -0.1) is 0 Å². The van der Waals surface area contributed by atoms with Gasteiger partial charge in [0.25, 0.3) is 5.91 Å². The number of nitrogens with zero attached hydrogens (tertiary/aromatic N) is 2. The van der Waals surface area contributed by atoms with Gasteiger partial charge in [0.05, 0.1) is 0 Å². The maximum absolute atomic E-state index is 12.7. The van der Waals surface area contributed by atoms with Crippen LogP contribution in [0.25, 0.3) is 0 Å². The van der Waals surface area contributed by atoms with Gasteiger partial charge in [-0.1, -0.05) is 23.2 Å². The Hall–Kier alpha value is -2.24. The van der Waals surface area contributed by atoms with Crippen LogP contribution in [0.3, 0.4) is 0 Å². The summed E-state index contributed by atoms with van der Waals surface area (Å²) in [6.45, 7) is 4.42. The maximum atomic E-state index is 12.7. The number of benzene rings is 2. The molecule has 1 aliphatic heterocycles. The third-order valence-electron chi connectivity index (χ3n) is 4.61. The van der Waals surface area contributed by atoms with Crippen molar-refractivity contribution in [2.24, 2.45) is 0 Å². The molecule has 0 bridgehead atoms. The maximum Gasteiger partial charge on any atom is 0.251 e. The number of halogens is 2.